The molecule has 1 atom stereocenters. The normalized spacial score (nSPS) is 21.9. The minimum absolute atomic E-state index is 0.111. The Labute approximate surface area is 133 Å². The van der Waals surface area contributed by atoms with Crippen molar-refractivity contribution in [1.82, 2.24) is 0 Å². The fraction of sp³-hybridized carbons (Fsp3) is 0.526. The maximum Gasteiger partial charge on any atom is 0.132 e. The van der Waals surface area contributed by atoms with Crippen LogP contribution in [0.1, 0.15) is 56.3 Å². The van der Waals surface area contributed by atoms with Gasteiger partial charge in [-0.05, 0) is 48.9 Å². The predicted molar refractivity (Wildman–Crippen MR) is 88.1 cm³/mol. The third-order valence-electron chi connectivity index (χ3n) is 4.81. The lowest BCUT2D eigenvalue weighted by atomic mass is 9.70. The molecule has 0 radical (unpaired) electrons. The number of benzene rings is 1. The van der Waals surface area contributed by atoms with Crippen LogP contribution in [0.5, 0.6) is 5.75 Å². The van der Waals surface area contributed by atoms with Crippen molar-refractivity contribution in [2.45, 2.75) is 51.6 Å². The fourth-order valence-electron chi connectivity index (χ4n) is 3.58. The number of ether oxygens (including phenoxy) is 1. The fourth-order valence-corrected chi connectivity index (χ4v) is 3.58. The molecular formula is C19H26O3. The van der Waals surface area contributed by atoms with Crippen molar-refractivity contribution < 1.29 is 14.6 Å². The number of aliphatic hydroxyl groups is 1. The van der Waals surface area contributed by atoms with Crippen LogP contribution in [0.15, 0.2) is 31.4 Å². The molecule has 3 rings (SSSR count). The van der Waals surface area contributed by atoms with Gasteiger partial charge in [0.1, 0.15) is 11.5 Å². The predicted octanol–water partition coefficient (Wildman–Crippen LogP) is 4.00. The lowest BCUT2D eigenvalue weighted by Gasteiger charge is -2.36. The number of rotatable bonds is 3. The van der Waals surface area contributed by atoms with E-state index in [9.17, 15) is 9.90 Å². The van der Waals surface area contributed by atoms with Crippen molar-refractivity contribution in [1.29, 1.82) is 0 Å². The molecule has 0 aliphatic heterocycles. The second-order valence-corrected chi connectivity index (χ2v) is 6.19. The van der Waals surface area contributed by atoms with E-state index in [1.165, 1.54) is 5.56 Å². The minimum Gasteiger partial charge on any atom is -0.494 e. The highest BCUT2D eigenvalue weighted by Crippen LogP contribution is 2.53. The molecule has 22 heavy (non-hydrogen) atoms. The molecule has 1 spiro atoms. The van der Waals surface area contributed by atoms with Crippen LogP contribution in [-0.4, -0.2) is 17.5 Å². The van der Waals surface area contributed by atoms with Gasteiger partial charge in [-0.3, -0.25) is 4.79 Å². The summed E-state index contributed by atoms with van der Waals surface area (Å²) in [5.41, 5.74) is 2.11. The van der Waals surface area contributed by atoms with Gasteiger partial charge in [-0.25, -0.2) is 0 Å². The first-order valence-corrected chi connectivity index (χ1v) is 8.10. The summed E-state index contributed by atoms with van der Waals surface area (Å²) in [7, 11) is 0. The van der Waals surface area contributed by atoms with Gasteiger partial charge in [-0.1, -0.05) is 13.0 Å². The number of Topliss-reactive ketones (excluding diaryl/α,β-unsaturated/α-hetero) is 1. The first kappa shape index (κ1) is 16.8. The van der Waals surface area contributed by atoms with Crippen molar-refractivity contribution in [3.05, 3.63) is 42.5 Å². The van der Waals surface area contributed by atoms with Gasteiger partial charge in [0.15, 0.2) is 0 Å². The average molecular weight is 302 g/mol. The van der Waals surface area contributed by atoms with Gasteiger partial charge in [0, 0.05) is 18.3 Å². The second kappa shape index (κ2) is 7.10. The maximum absolute atomic E-state index is 11.5. The molecular weight excluding hydrogens is 276 g/mol. The van der Waals surface area contributed by atoms with Crippen LogP contribution in [-0.2, 0) is 11.2 Å². The number of hydrogen-bond acceptors (Lipinski definition) is 3. The van der Waals surface area contributed by atoms with Gasteiger partial charge >= 0.3 is 0 Å². The van der Waals surface area contributed by atoms with E-state index in [0.29, 0.717) is 25.2 Å². The summed E-state index contributed by atoms with van der Waals surface area (Å²) in [6.07, 6.45) is 4.28. The maximum atomic E-state index is 11.5. The summed E-state index contributed by atoms with van der Waals surface area (Å²) in [6.45, 7) is 8.78. The zero-order chi connectivity index (χ0) is 16.2. The Morgan fingerprint density at radius 1 is 1.32 bits per heavy atom. The van der Waals surface area contributed by atoms with Crippen LogP contribution < -0.4 is 4.74 Å². The van der Waals surface area contributed by atoms with Gasteiger partial charge in [0.2, 0.25) is 0 Å². The van der Waals surface area contributed by atoms with E-state index in [2.05, 4.69) is 26.1 Å². The third kappa shape index (κ3) is 3.09. The molecule has 0 saturated heterocycles. The molecule has 3 nitrogen and oxygen atoms in total. The first-order valence-electron chi connectivity index (χ1n) is 8.10. The second-order valence-electron chi connectivity index (χ2n) is 6.19. The number of carbonyl (C=O) groups is 1. The topological polar surface area (TPSA) is 46.5 Å². The smallest absolute Gasteiger partial charge is 0.132 e. The van der Waals surface area contributed by atoms with Crippen LogP contribution in [0.3, 0.4) is 0 Å². The zero-order valence-electron chi connectivity index (χ0n) is 13.4. The number of ketones is 1. The molecule has 0 heterocycles. The van der Waals surface area contributed by atoms with E-state index in [0.717, 1.165) is 37.0 Å². The molecule has 2 aliphatic carbocycles. The molecule has 1 N–H and O–H groups in total. The van der Waals surface area contributed by atoms with Crippen LogP contribution in [0.25, 0.3) is 0 Å². The Morgan fingerprint density at radius 3 is 2.64 bits per heavy atom. The SMILES string of the molecule is C=C.CCCOc1ccc2c(c1)C(O)C1(CCC(=O)CC1)C2. The quantitative estimate of drug-likeness (QED) is 0.859. The van der Waals surface area contributed by atoms with Crippen molar-refractivity contribution in [2.75, 3.05) is 6.61 Å². The van der Waals surface area contributed by atoms with E-state index in [1.54, 1.807) is 0 Å². The summed E-state index contributed by atoms with van der Waals surface area (Å²) in [6, 6.07) is 6.06. The largest absolute Gasteiger partial charge is 0.494 e. The highest BCUT2D eigenvalue weighted by molar-refractivity contribution is 5.79. The summed E-state index contributed by atoms with van der Waals surface area (Å²) < 4.78 is 5.66. The molecule has 3 heteroatoms. The van der Waals surface area contributed by atoms with Crippen LogP contribution in [0.2, 0.25) is 0 Å². The Hall–Kier alpha value is -1.61. The summed E-state index contributed by atoms with van der Waals surface area (Å²) >= 11 is 0. The van der Waals surface area contributed by atoms with E-state index >= 15 is 0 Å². The molecule has 2 aliphatic rings. The molecule has 120 valence electrons. The Kier molecular flexibility index (Phi) is 5.41. The molecule has 1 unspecified atom stereocenters. The molecule has 1 saturated carbocycles. The van der Waals surface area contributed by atoms with Crippen molar-refractivity contribution >= 4 is 5.78 Å². The van der Waals surface area contributed by atoms with Gasteiger partial charge < -0.3 is 9.84 Å². The average Bonchev–Trinajstić information content (AvgIpc) is 2.83. The van der Waals surface area contributed by atoms with Gasteiger partial charge in [-0.2, -0.15) is 0 Å². The standard InChI is InChI=1S/C17H22O3.C2H4/c1-2-9-20-14-4-3-12-11-17(16(19)15(12)10-14)7-5-13(18)6-8-17;1-2/h3-4,10,16,19H,2,5-9,11H2,1H3;1-2H2. The highest BCUT2D eigenvalue weighted by atomic mass is 16.5. The molecule has 1 aromatic rings. The number of fused-ring (bicyclic) bond motifs is 1. The van der Waals surface area contributed by atoms with E-state index in [-0.39, 0.29) is 5.41 Å². The van der Waals surface area contributed by atoms with Crippen molar-refractivity contribution in [3.63, 3.8) is 0 Å². The monoisotopic (exact) mass is 302 g/mol. The lowest BCUT2D eigenvalue weighted by molar-refractivity contribution is -0.124. The summed E-state index contributed by atoms with van der Waals surface area (Å²) in [5, 5.41) is 10.7. The van der Waals surface area contributed by atoms with Crippen molar-refractivity contribution in [3.8, 4) is 5.75 Å². The van der Waals surface area contributed by atoms with Gasteiger partial charge in [0.25, 0.3) is 0 Å². The molecule has 1 aromatic carbocycles. The summed E-state index contributed by atoms with van der Waals surface area (Å²) in [5.74, 6) is 1.18. The van der Waals surface area contributed by atoms with Crippen LogP contribution in [0.4, 0.5) is 0 Å². The molecule has 0 amide bonds. The third-order valence-corrected chi connectivity index (χ3v) is 4.81. The van der Waals surface area contributed by atoms with Crippen molar-refractivity contribution in [2.24, 2.45) is 5.41 Å². The number of carbonyl (C=O) groups excluding carboxylic acids is 1. The highest BCUT2D eigenvalue weighted by Gasteiger charge is 2.47. The zero-order valence-corrected chi connectivity index (χ0v) is 13.4. The Balaban J connectivity index is 0.000000847. The van der Waals surface area contributed by atoms with Gasteiger partial charge in [-0.15, -0.1) is 13.2 Å². The van der Waals surface area contributed by atoms with E-state index in [1.807, 2.05) is 12.1 Å². The van der Waals surface area contributed by atoms with E-state index < -0.39 is 6.10 Å². The van der Waals surface area contributed by atoms with E-state index in [4.69, 9.17) is 4.74 Å². The Bertz CT molecular complexity index is 525. The first-order chi connectivity index (χ1) is 10.6. The molecule has 1 fully saturated rings. The molecule has 0 bridgehead atoms. The molecule has 0 aromatic heterocycles. The minimum atomic E-state index is -0.448. The summed E-state index contributed by atoms with van der Waals surface area (Å²) in [4.78, 5) is 11.5. The number of aliphatic hydroxyl groups excluding tert-OH is 1. The van der Waals surface area contributed by atoms with Crippen LogP contribution >= 0.6 is 0 Å². The lowest BCUT2D eigenvalue weighted by Crippen LogP contribution is -2.31. The Morgan fingerprint density at radius 2 is 2.00 bits per heavy atom. The number of hydrogen-bond donors (Lipinski definition) is 1. The van der Waals surface area contributed by atoms with Crippen LogP contribution in [0, 0.1) is 5.41 Å². The van der Waals surface area contributed by atoms with Gasteiger partial charge in [0.05, 0.1) is 12.7 Å².